The van der Waals surface area contributed by atoms with Crippen molar-refractivity contribution in [3.8, 4) is 29.4 Å². The zero-order valence-electron chi connectivity index (χ0n) is 10.4. The summed E-state index contributed by atoms with van der Waals surface area (Å²) in [6.45, 7) is 0. The quantitative estimate of drug-likeness (QED) is 0.857. The molecule has 0 fully saturated rings. The van der Waals surface area contributed by atoms with Gasteiger partial charge in [-0.15, -0.1) is 0 Å². The molecule has 0 unspecified atom stereocenters. The highest BCUT2D eigenvalue weighted by atomic mass is 16.5. The number of benzene rings is 2. The van der Waals surface area contributed by atoms with Gasteiger partial charge in [-0.3, -0.25) is 0 Å². The third-order valence-electron chi connectivity index (χ3n) is 2.52. The lowest BCUT2D eigenvalue weighted by Gasteiger charge is -2.08. The SMILES string of the molecule is N#C/C=C/c1cccc(Oc2ccc(C#N)cc2O)c1. The molecule has 0 aliphatic carbocycles. The summed E-state index contributed by atoms with van der Waals surface area (Å²) >= 11 is 0. The summed E-state index contributed by atoms with van der Waals surface area (Å²) in [5.41, 5.74) is 1.18. The second kappa shape index (κ2) is 6.08. The number of nitrogens with zero attached hydrogens (tertiary/aromatic N) is 2. The molecular formula is C16H10N2O2. The van der Waals surface area contributed by atoms with Crippen molar-refractivity contribution in [1.82, 2.24) is 0 Å². The van der Waals surface area contributed by atoms with Crippen molar-refractivity contribution in [2.24, 2.45) is 0 Å². The Morgan fingerprint density at radius 2 is 1.95 bits per heavy atom. The van der Waals surface area contributed by atoms with Gasteiger partial charge in [0.1, 0.15) is 5.75 Å². The Kier molecular flexibility index (Phi) is 4.01. The zero-order valence-corrected chi connectivity index (χ0v) is 10.4. The van der Waals surface area contributed by atoms with Crippen molar-refractivity contribution in [2.45, 2.75) is 0 Å². The smallest absolute Gasteiger partial charge is 0.169 e. The standard InChI is InChI=1S/C16H10N2O2/c17-8-2-4-12-3-1-5-14(9-12)20-16-7-6-13(11-18)10-15(16)19/h1-7,9-10,19H/b4-2+. The second-order valence-electron chi connectivity index (χ2n) is 3.93. The number of phenolic OH excluding ortho intramolecular Hbond substituents is 1. The number of hydrogen-bond donors (Lipinski definition) is 1. The van der Waals surface area contributed by atoms with Gasteiger partial charge < -0.3 is 9.84 Å². The topological polar surface area (TPSA) is 77.0 Å². The molecule has 96 valence electrons. The van der Waals surface area contributed by atoms with E-state index < -0.39 is 0 Å². The first-order chi connectivity index (χ1) is 9.72. The van der Waals surface area contributed by atoms with Crippen molar-refractivity contribution in [2.75, 3.05) is 0 Å². The summed E-state index contributed by atoms with van der Waals surface area (Å²) in [7, 11) is 0. The van der Waals surface area contributed by atoms with Gasteiger partial charge in [0.25, 0.3) is 0 Å². The molecule has 2 rings (SSSR count). The van der Waals surface area contributed by atoms with E-state index in [9.17, 15) is 5.11 Å². The number of nitriles is 2. The first-order valence-corrected chi connectivity index (χ1v) is 5.80. The van der Waals surface area contributed by atoms with Gasteiger partial charge in [-0.05, 0) is 35.9 Å². The van der Waals surface area contributed by atoms with E-state index in [4.69, 9.17) is 15.3 Å². The summed E-state index contributed by atoms with van der Waals surface area (Å²) in [4.78, 5) is 0. The van der Waals surface area contributed by atoms with Crippen molar-refractivity contribution < 1.29 is 9.84 Å². The molecule has 0 saturated heterocycles. The van der Waals surface area contributed by atoms with Crippen molar-refractivity contribution >= 4 is 6.08 Å². The molecular weight excluding hydrogens is 252 g/mol. The maximum absolute atomic E-state index is 9.76. The number of hydrogen-bond acceptors (Lipinski definition) is 4. The van der Waals surface area contributed by atoms with Gasteiger partial charge >= 0.3 is 0 Å². The molecule has 0 atom stereocenters. The van der Waals surface area contributed by atoms with Crippen LogP contribution in [0.15, 0.2) is 48.5 Å². The van der Waals surface area contributed by atoms with E-state index in [1.165, 1.54) is 18.2 Å². The normalized spacial score (nSPS) is 9.90. The van der Waals surface area contributed by atoms with Crippen LogP contribution in [0.2, 0.25) is 0 Å². The van der Waals surface area contributed by atoms with E-state index in [1.54, 1.807) is 30.3 Å². The average Bonchev–Trinajstić information content (AvgIpc) is 2.47. The minimum atomic E-state index is -0.0954. The van der Waals surface area contributed by atoms with Gasteiger partial charge in [0, 0.05) is 12.1 Å². The van der Waals surface area contributed by atoms with Gasteiger partial charge in [0.15, 0.2) is 11.5 Å². The Bertz CT molecular complexity index is 737. The minimum Gasteiger partial charge on any atom is -0.504 e. The largest absolute Gasteiger partial charge is 0.504 e. The predicted octanol–water partition coefficient (Wildman–Crippen LogP) is 3.59. The molecule has 4 heteroatoms. The minimum absolute atomic E-state index is 0.0954. The second-order valence-corrected chi connectivity index (χ2v) is 3.93. The number of rotatable bonds is 3. The maximum Gasteiger partial charge on any atom is 0.169 e. The van der Waals surface area contributed by atoms with Crippen molar-refractivity contribution in [3.05, 3.63) is 59.7 Å². The van der Waals surface area contributed by atoms with Crippen LogP contribution in [-0.4, -0.2) is 5.11 Å². The fraction of sp³-hybridized carbons (Fsp3) is 0. The van der Waals surface area contributed by atoms with Crippen LogP contribution < -0.4 is 4.74 Å². The van der Waals surface area contributed by atoms with E-state index in [0.717, 1.165) is 5.56 Å². The van der Waals surface area contributed by atoms with Crippen LogP contribution in [0, 0.1) is 22.7 Å². The zero-order chi connectivity index (χ0) is 14.4. The molecule has 0 radical (unpaired) electrons. The summed E-state index contributed by atoms with van der Waals surface area (Å²) in [6, 6.07) is 15.4. The van der Waals surface area contributed by atoms with Crippen LogP contribution in [0.1, 0.15) is 11.1 Å². The number of phenols is 1. The fourth-order valence-corrected chi connectivity index (χ4v) is 1.62. The summed E-state index contributed by atoms with van der Waals surface area (Å²) in [5.74, 6) is 0.706. The number of aromatic hydroxyl groups is 1. The van der Waals surface area contributed by atoms with E-state index >= 15 is 0 Å². The third kappa shape index (κ3) is 3.16. The molecule has 2 aromatic rings. The Hall–Kier alpha value is -3.24. The molecule has 0 saturated carbocycles. The van der Waals surface area contributed by atoms with Crippen LogP contribution in [0.5, 0.6) is 17.2 Å². The lowest BCUT2D eigenvalue weighted by molar-refractivity contribution is 0.411. The fourth-order valence-electron chi connectivity index (χ4n) is 1.62. The molecule has 4 nitrogen and oxygen atoms in total. The highest BCUT2D eigenvalue weighted by Gasteiger charge is 2.05. The van der Waals surface area contributed by atoms with Crippen molar-refractivity contribution in [3.63, 3.8) is 0 Å². The molecule has 2 aromatic carbocycles. The highest BCUT2D eigenvalue weighted by molar-refractivity contribution is 5.55. The Balaban J connectivity index is 2.25. The molecule has 1 N–H and O–H groups in total. The number of ether oxygens (including phenoxy) is 1. The molecule has 0 aliphatic heterocycles. The molecule has 0 aliphatic rings. The molecule has 0 aromatic heterocycles. The Morgan fingerprint density at radius 1 is 1.10 bits per heavy atom. The average molecular weight is 262 g/mol. The first kappa shape index (κ1) is 13.2. The van der Waals surface area contributed by atoms with E-state index in [1.807, 2.05) is 18.2 Å². The first-order valence-electron chi connectivity index (χ1n) is 5.80. The van der Waals surface area contributed by atoms with E-state index in [0.29, 0.717) is 11.3 Å². The van der Waals surface area contributed by atoms with Gasteiger partial charge in [-0.2, -0.15) is 10.5 Å². The summed E-state index contributed by atoms with van der Waals surface area (Å²) < 4.78 is 5.55. The lowest BCUT2D eigenvalue weighted by atomic mass is 10.2. The van der Waals surface area contributed by atoms with Gasteiger partial charge in [0.2, 0.25) is 0 Å². The Morgan fingerprint density at radius 3 is 2.65 bits per heavy atom. The number of allylic oxidation sites excluding steroid dienone is 1. The van der Waals surface area contributed by atoms with Crippen LogP contribution in [0.3, 0.4) is 0 Å². The van der Waals surface area contributed by atoms with Crippen LogP contribution in [0.25, 0.3) is 6.08 Å². The van der Waals surface area contributed by atoms with Gasteiger partial charge in [0.05, 0.1) is 17.7 Å². The molecule has 0 heterocycles. The van der Waals surface area contributed by atoms with Crippen LogP contribution in [0.4, 0.5) is 0 Å². The van der Waals surface area contributed by atoms with Gasteiger partial charge in [-0.25, -0.2) is 0 Å². The summed E-state index contributed by atoms with van der Waals surface area (Å²) in [5, 5.41) is 27.0. The molecule has 0 bridgehead atoms. The predicted molar refractivity (Wildman–Crippen MR) is 74.0 cm³/mol. The molecule has 20 heavy (non-hydrogen) atoms. The van der Waals surface area contributed by atoms with Crippen LogP contribution in [-0.2, 0) is 0 Å². The van der Waals surface area contributed by atoms with Gasteiger partial charge in [-0.1, -0.05) is 12.1 Å². The Labute approximate surface area is 116 Å². The van der Waals surface area contributed by atoms with E-state index in [-0.39, 0.29) is 11.5 Å². The highest BCUT2D eigenvalue weighted by Crippen LogP contribution is 2.31. The lowest BCUT2D eigenvalue weighted by Crippen LogP contribution is -1.86. The summed E-state index contributed by atoms with van der Waals surface area (Å²) in [6.07, 6.45) is 3.03. The monoisotopic (exact) mass is 262 g/mol. The maximum atomic E-state index is 9.76. The molecule has 0 amide bonds. The van der Waals surface area contributed by atoms with Crippen LogP contribution >= 0.6 is 0 Å². The third-order valence-corrected chi connectivity index (χ3v) is 2.52. The van der Waals surface area contributed by atoms with E-state index in [2.05, 4.69) is 0 Å². The molecule has 0 spiro atoms. The van der Waals surface area contributed by atoms with Crippen molar-refractivity contribution in [1.29, 1.82) is 10.5 Å².